The zero-order valence-corrected chi connectivity index (χ0v) is 14.2. The summed E-state index contributed by atoms with van der Waals surface area (Å²) >= 11 is 0. The van der Waals surface area contributed by atoms with Gasteiger partial charge in [-0.2, -0.15) is 0 Å². The molecular formula is C11H28O8P2. The summed E-state index contributed by atoms with van der Waals surface area (Å²) in [4.78, 5) is 38.4. The molecule has 0 rings (SSSR count). The molecule has 0 aromatic heterocycles. The molecule has 0 atom stereocenters. The summed E-state index contributed by atoms with van der Waals surface area (Å²) in [6.45, 7) is 2.38. The first kappa shape index (κ1) is 23.5. The van der Waals surface area contributed by atoms with Gasteiger partial charge in [0.15, 0.2) is 0 Å². The fourth-order valence-electron chi connectivity index (χ4n) is 1.60. The van der Waals surface area contributed by atoms with Gasteiger partial charge in [-0.05, 0) is 6.42 Å². The van der Waals surface area contributed by atoms with Crippen LogP contribution in [0.4, 0.5) is 0 Å². The summed E-state index contributed by atoms with van der Waals surface area (Å²) in [5.41, 5.74) is 0. The fourth-order valence-corrected chi connectivity index (χ4v) is 1.96. The highest BCUT2D eigenvalue weighted by Gasteiger charge is 2.12. The van der Waals surface area contributed by atoms with Crippen molar-refractivity contribution in [3.05, 3.63) is 0 Å². The van der Waals surface area contributed by atoms with Crippen LogP contribution in [0, 0.1) is 0 Å². The van der Waals surface area contributed by atoms with Gasteiger partial charge in [-0.3, -0.25) is 4.52 Å². The Morgan fingerprint density at radius 1 is 0.714 bits per heavy atom. The van der Waals surface area contributed by atoms with Gasteiger partial charge in [0.25, 0.3) is 0 Å². The molecule has 0 fully saturated rings. The van der Waals surface area contributed by atoms with Gasteiger partial charge in [0.05, 0.1) is 6.61 Å². The molecule has 5 N–H and O–H groups in total. The lowest BCUT2D eigenvalue weighted by Gasteiger charge is -2.04. The van der Waals surface area contributed by atoms with Crippen LogP contribution in [0.15, 0.2) is 0 Å². The van der Waals surface area contributed by atoms with Gasteiger partial charge in [-0.25, -0.2) is 9.13 Å². The van der Waals surface area contributed by atoms with Crippen molar-refractivity contribution in [1.29, 1.82) is 0 Å². The first-order valence-corrected chi connectivity index (χ1v) is 10.1. The molecular weight excluding hydrogens is 322 g/mol. The topological polar surface area (TPSA) is 145 Å². The standard InChI is InChI=1S/C11H25O4P.H3O4P/c1-2-3-4-5-6-7-8-9-10-11-15-16(12,13)14;1-5(2,3)4/h2-11H2,1H3,(H2,12,13,14);(H3,1,2,3,4). The maximum atomic E-state index is 10.3. The highest BCUT2D eigenvalue weighted by molar-refractivity contribution is 7.46. The number of phosphoric ester groups is 1. The molecule has 0 spiro atoms. The Hall–Kier alpha value is 0.220. The molecule has 0 heterocycles. The second-order valence-electron chi connectivity index (χ2n) is 4.67. The Balaban J connectivity index is 0. The molecule has 8 nitrogen and oxygen atoms in total. The van der Waals surface area contributed by atoms with Crippen LogP contribution in [0.1, 0.15) is 64.7 Å². The molecule has 0 aliphatic rings. The van der Waals surface area contributed by atoms with Gasteiger partial charge in [-0.15, -0.1) is 0 Å². The highest BCUT2D eigenvalue weighted by atomic mass is 31.2. The minimum Gasteiger partial charge on any atom is -0.303 e. The van der Waals surface area contributed by atoms with E-state index in [4.69, 9.17) is 29.0 Å². The van der Waals surface area contributed by atoms with E-state index in [0.717, 1.165) is 19.3 Å². The fraction of sp³-hybridized carbons (Fsp3) is 1.00. The van der Waals surface area contributed by atoms with Crippen molar-refractivity contribution in [2.75, 3.05) is 6.61 Å². The minimum atomic E-state index is -4.64. The molecule has 0 aliphatic heterocycles. The second kappa shape index (κ2) is 13.9. The summed E-state index contributed by atoms with van der Waals surface area (Å²) in [5.74, 6) is 0. The molecule has 0 bridgehead atoms. The third kappa shape index (κ3) is 38.4. The highest BCUT2D eigenvalue weighted by Crippen LogP contribution is 2.35. The summed E-state index contributed by atoms with van der Waals surface area (Å²) in [5, 5.41) is 0. The van der Waals surface area contributed by atoms with Crippen LogP contribution in [0.25, 0.3) is 0 Å². The monoisotopic (exact) mass is 350 g/mol. The van der Waals surface area contributed by atoms with E-state index < -0.39 is 15.6 Å². The van der Waals surface area contributed by atoms with E-state index in [1.54, 1.807) is 0 Å². The van der Waals surface area contributed by atoms with Crippen molar-refractivity contribution < 1.29 is 38.1 Å². The minimum absolute atomic E-state index is 0.167. The van der Waals surface area contributed by atoms with Crippen LogP contribution >= 0.6 is 15.6 Å². The van der Waals surface area contributed by atoms with Gasteiger partial charge in [-0.1, -0.05) is 58.3 Å². The average Bonchev–Trinajstić information content (AvgIpc) is 2.28. The zero-order valence-electron chi connectivity index (χ0n) is 12.4. The van der Waals surface area contributed by atoms with E-state index in [2.05, 4.69) is 11.4 Å². The quantitative estimate of drug-likeness (QED) is 0.282. The lowest BCUT2D eigenvalue weighted by atomic mass is 10.1. The van der Waals surface area contributed by atoms with E-state index >= 15 is 0 Å². The Labute approximate surface area is 126 Å². The van der Waals surface area contributed by atoms with E-state index in [-0.39, 0.29) is 6.61 Å². The van der Waals surface area contributed by atoms with Gasteiger partial charge >= 0.3 is 15.6 Å². The summed E-state index contributed by atoms with van der Waals surface area (Å²) in [7, 11) is -8.88. The molecule has 0 radical (unpaired) electrons. The summed E-state index contributed by atoms with van der Waals surface area (Å²) < 4.78 is 23.6. The predicted octanol–water partition coefficient (Wildman–Crippen LogP) is 2.70. The Morgan fingerprint density at radius 3 is 1.38 bits per heavy atom. The van der Waals surface area contributed by atoms with Gasteiger partial charge < -0.3 is 24.5 Å². The van der Waals surface area contributed by atoms with Crippen molar-refractivity contribution in [3.8, 4) is 0 Å². The Bertz CT molecular complexity index is 303. The Kier molecular flexibility index (Phi) is 15.5. The lowest BCUT2D eigenvalue weighted by Crippen LogP contribution is -1.92. The number of unbranched alkanes of at least 4 members (excludes halogenated alkanes) is 8. The predicted molar refractivity (Wildman–Crippen MR) is 79.5 cm³/mol. The number of hydrogen-bond donors (Lipinski definition) is 5. The molecule has 21 heavy (non-hydrogen) atoms. The molecule has 0 aliphatic carbocycles. The van der Waals surface area contributed by atoms with Crippen LogP contribution in [0.5, 0.6) is 0 Å². The van der Waals surface area contributed by atoms with Crippen molar-refractivity contribution in [1.82, 2.24) is 0 Å². The van der Waals surface area contributed by atoms with Crippen molar-refractivity contribution in [2.24, 2.45) is 0 Å². The number of rotatable bonds is 11. The van der Waals surface area contributed by atoms with Crippen molar-refractivity contribution in [2.45, 2.75) is 64.7 Å². The Morgan fingerprint density at radius 2 is 1.05 bits per heavy atom. The largest absolute Gasteiger partial charge is 0.469 e. The van der Waals surface area contributed by atoms with Crippen LogP contribution in [0.3, 0.4) is 0 Å². The average molecular weight is 350 g/mol. The SMILES string of the molecule is CCCCCCCCCCCOP(=O)(O)O.O=P(O)(O)O. The summed E-state index contributed by atoms with van der Waals surface area (Å²) in [6, 6.07) is 0. The first-order valence-electron chi connectivity index (χ1n) is 7.04. The third-order valence-corrected chi connectivity index (χ3v) is 3.03. The number of phosphoric acid groups is 2. The summed E-state index contributed by atoms with van der Waals surface area (Å²) in [6.07, 6.45) is 10.6. The molecule has 0 aromatic carbocycles. The van der Waals surface area contributed by atoms with E-state index in [9.17, 15) is 4.57 Å². The molecule has 0 saturated carbocycles. The van der Waals surface area contributed by atoms with Gasteiger partial charge in [0.2, 0.25) is 0 Å². The first-order chi connectivity index (χ1) is 9.56. The molecule has 0 aromatic rings. The van der Waals surface area contributed by atoms with Crippen LogP contribution < -0.4 is 0 Å². The molecule has 10 heteroatoms. The van der Waals surface area contributed by atoms with Crippen LogP contribution in [0.2, 0.25) is 0 Å². The third-order valence-electron chi connectivity index (χ3n) is 2.51. The molecule has 130 valence electrons. The van der Waals surface area contributed by atoms with Crippen molar-refractivity contribution >= 4 is 15.6 Å². The van der Waals surface area contributed by atoms with E-state index in [1.165, 1.54) is 38.5 Å². The molecule has 0 saturated heterocycles. The van der Waals surface area contributed by atoms with E-state index in [0.29, 0.717) is 0 Å². The number of hydrogen-bond acceptors (Lipinski definition) is 3. The maximum Gasteiger partial charge on any atom is 0.469 e. The lowest BCUT2D eigenvalue weighted by molar-refractivity contribution is 0.193. The van der Waals surface area contributed by atoms with Crippen molar-refractivity contribution in [3.63, 3.8) is 0 Å². The smallest absolute Gasteiger partial charge is 0.303 e. The zero-order chi connectivity index (χ0) is 16.8. The van der Waals surface area contributed by atoms with Crippen LogP contribution in [-0.4, -0.2) is 31.1 Å². The van der Waals surface area contributed by atoms with Gasteiger partial charge in [0.1, 0.15) is 0 Å². The van der Waals surface area contributed by atoms with Gasteiger partial charge in [0, 0.05) is 0 Å². The molecule has 0 amide bonds. The second-order valence-corrected chi connectivity index (χ2v) is 6.93. The normalized spacial score (nSPS) is 11.9. The maximum absolute atomic E-state index is 10.3. The molecule has 0 unspecified atom stereocenters. The van der Waals surface area contributed by atoms with Crippen LogP contribution in [-0.2, 0) is 13.7 Å². The van der Waals surface area contributed by atoms with E-state index in [1.807, 2.05) is 0 Å².